The van der Waals surface area contributed by atoms with E-state index in [9.17, 15) is 0 Å². The number of fused-ring (bicyclic) bond motifs is 22. The molecule has 0 unspecified atom stereocenters. The third-order valence-corrected chi connectivity index (χ3v) is 15.8. The molecule has 70 heavy (non-hydrogen) atoms. The first-order chi connectivity index (χ1) is 34.8. The van der Waals surface area contributed by atoms with E-state index >= 15 is 0 Å². The molecule has 0 fully saturated rings. The Bertz CT molecular complexity index is 3930. The maximum atomic E-state index is 2.38. The van der Waals surface area contributed by atoms with Gasteiger partial charge in [-0.15, -0.1) is 0 Å². The second-order valence-corrected chi connectivity index (χ2v) is 19.3. The first kappa shape index (κ1) is 39.2. The summed E-state index contributed by atoms with van der Waals surface area (Å²) in [4.78, 5) is 0. The molecular weight excluding hydrogens is 841 g/mol. The van der Waals surface area contributed by atoms with E-state index in [1.165, 1.54) is 142 Å². The van der Waals surface area contributed by atoms with Crippen LogP contribution in [0.1, 0.15) is 45.2 Å². The average molecular weight is 885 g/mol. The van der Waals surface area contributed by atoms with Gasteiger partial charge in [-0.2, -0.15) is 0 Å². The molecule has 0 radical (unpaired) electrons. The van der Waals surface area contributed by atoms with E-state index in [4.69, 9.17) is 0 Å². The molecule has 0 amide bonds. The van der Waals surface area contributed by atoms with Gasteiger partial charge >= 0.3 is 0 Å². The third-order valence-electron chi connectivity index (χ3n) is 15.8. The van der Waals surface area contributed by atoms with E-state index in [0.717, 1.165) is 0 Å². The fourth-order valence-electron chi connectivity index (χ4n) is 12.8. The Morgan fingerprint density at radius 2 is 0.386 bits per heavy atom. The summed E-state index contributed by atoms with van der Waals surface area (Å²) in [5.74, 6) is 0.459. The Hall–Kier alpha value is -8.84. The summed E-state index contributed by atoms with van der Waals surface area (Å²) in [6, 6.07) is 94.3. The van der Waals surface area contributed by atoms with Crippen LogP contribution in [0.3, 0.4) is 0 Å². The van der Waals surface area contributed by atoms with Gasteiger partial charge in [0, 0.05) is 11.8 Å². The first-order valence-electron chi connectivity index (χ1n) is 24.6. The van der Waals surface area contributed by atoms with E-state index in [1.54, 1.807) is 0 Å². The van der Waals surface area contributed by atoms with Gasteiger partial charge in [0.05, 0.1) is 0 Å². The summed E-state index contributed by atoms with van der Waals surface area (Å²) in [6.45, 7) is 0. The van der Waals surface area contributed by atoms with Crippen LogP contribution in [0.2, 0.25) is 0 Å². The van der Waals surface area contributed by atoms with Crippen LogP contribution in [0.5, 0.6) is 0 Å². The highest BCUT2D eigenvalue weighted by atomic mass is 14.4. The van der Waals surface area contributed by atoms with Crippen molar-refractivity contribution in [2.75, 3.05) is 0 Å². The van der Waals surface area contributed by atoms with E-state index in [0.29, 0.717) is 0 Å². The largest absolute Gasteiger partial charge is 0.0622 e. The first-order valence-corrected chi connectivity index (χ1v) is 24.6. The Kier molecular flexibility index (Phi) is 8.59. The second kappa shape index (κ2) is 15.3. The van der Waals surface area contributed by atoms with Crippen molar-refractivity contribution in [3.8, 4) is 22.3 Å². The van der Waals surface area contributed by atoms with Crippen molar-refractivity contribution in [1.29, 1.82) is 0 Å². The lowest BCUT2D eigenvalue weighted by Gasteiger charge is -2.15. The lowest BCUT2D eigenvalue weighted by atomic mass is 9.88. The van der Waals surface area contributed by atoms with Gasteiger partial charge in [0.2, 0.25) is 0 Å². The maximum Gasteiger partial charge on any atom is 0.0352 e. The van der Waals surface area contributed by atoms with E-state index in [2.05, 4.69) is 255 Å². The normalized spacial score (nSPS) is 13.0. The summed E-state index contributed by atoms with van der Waals surface area (Å²) in [5.41, 5.74) is 14.0. The lowest BCUT2D eigenvalue weighted by Crippen LogP contribution is -1.98. The maximum absolute atomic E-state index is 2.38. The van der Waals surface area contributed by atoms with Crippen molar-refractivity contribution in [3.05, 3.63) is 288 Å². The van der Waals surface area contributed by atoms with Crippen LogP contribution in [0.4, 0.5) is 0 Å². The Morgan fingerprint density at radius 1 is 0.171 bits per heavy atom. The molecular formula is C70H44. The summed E-state index contributed by atoms with van der Waals surface area (Å²) >= 11 is 0. The van der Waals surface area contributed by atoms with Gasteiger partial charge in [-0.1, -0.05) is 255 Å². The molecule has 0 aromatic heterocycles. The Balaban J connectivity index is 0.000000126. The van der Waals surface area contributed by atoms with Crippen molar-refractivity contribution >= 4 is 86.2 Å². The van der Waals surface area contributed by atoms with Gasteiger partial charge < -0.3 is 0 Å². The minimum absolute atomic E-state index is 0.230. The standard InChI is InChI=1S/2C35H22/c2*1-2-10-24(11-3-1)31-29-20-18-25-16-14-22-8-4-6-12-27(22)32(25)34(29)35-30(31)21-19-26-17-15-23-9-5-7-13-28(23)33(26)35/h2*1-21,31H. The number of benzene rings is 14. The molecule has 0 bridgehead atoms. The molecule has 14 aromatic carbocycles. The lowest BCUT2D eigenvalue weighted by molar-refractivity contribution is 1.02. The highest BCUT2D eigenvalue weighted by molar-refractivity contribution is 6.25. The average Bonchev–Trinajstić information content (AvgIpc) is 3.97. The van der Waals surface area contributed by atoms with E-state index in [1.807, 2.05) is 0 Å². The van der Waals surface area contributed by atoms with Crippen LogP contribution in [0.15, 0.2) is 255 Å². The number of hydrogen-bond acceptors (Lipinski definition) is 0. The van der Waals surface area contributed by atoms with Crippen molar-refractivity contribution < 1.29 is 0 Å². The molecule has 0 heterocycles. The van der Waals surface area contributed by atoms with Gasteiger partial charge in [-0.3, -0.25) is 0 Å². The quantitative estimate of drug-likeness (QED) is 0.152. The highest BCUT2D eigenvalue weighted by Gasteiger charge is 2.35. The zero-order chi connectivity index (χ0) is 45.9. The molecule has 0 heteroatoms. The topological polar surface area (TPSA) is 0 Å². The number of rotatable bonds is 2. The molecule has 0 spiro atoms. The molecule has 0 aliphatic heterocycles. The van der Waals surface area contributed by atoms with Gasteiger partial charge in [-0.05, 0) is 142 Å². The molecule has 2 aliphatic carbocycles. The minimum atomic E-state index is 0.230. The number of hydrogen-bond donors (Lipinski definition) is 0. The predicted molar refractivity (Wildman–Crippen MR) is 299 cm³/mol. The minimum Gasteiger partial charge on any atom is -0.0622 e. The molecule has 0 atom stereocenters. The molecule has 14 aromatic rings. The van der Waals surface area contributed by atoms with Gasteiger partial charge in [0.15, 0.2) is 0 Å². The molecule has 0 N–H and O–H groups in total. The molecule has 0 saturated heterocycles. The van der Waals surface area contributed by atoms with Gasteiger partial charge in [0.25, 0.3) is 0 Å². The monoisotopic (exact) mass is 884 g/mol. The van der Waals surface area contributed by atoms with Crippen LogP contribution in [0, 0.1) is 0 Å². The zero-order valence-corrected chi connectivity index (χ0v) is 38.4. The summed E-state index contributed by atoms with van der Waals surface area (Å²) < 4.78 is 0. The smallest absolute Gasteiger partial charge is 0.0352 e. The van der Waals surface area contributed by atoms with E-state index in [-0.39, 0.29) is 11.8 Å². The van der Waals surface area contributed by atoms with Gasteiger partial charge in [0.1, 0.15) is 0 Å². The third kappa shape index (κ3) is 5.71. The fourth-order valence-corrected chi connectivity index (χ4v) is 12.8. The molecule has 0 saturated carbocycles. The van der Waals surface area contributed by atoms with Crippen molar-refractivity contribution in [2.45, 2.75) is 11.8 Å². The van der Waals surface area contributed by atoms with Crippen LogP contribution in [-0.4, -0.2) is 0 Å². The van der Waals surface area contributed by atoms with Crippen LogP contribution < -0.4 is 0 Å². The Labute approximate surface area is 406 Å². The van der Waals surface area contributed by atoms with Crippen LogP contribution >= 0.6 is 0 Å². The second-order valence-electron chi connectivity index (χ2n) is 19.3. The van der Waals surface area contributed by atoms with E-state index < -0.39 is 0 Å². The van der Waals surface area contributed by atoms with Crippen LogP contribution in [-0.2, 0) is 0 Å². The van der Waals surface area contributed by atoms with Crippen molar-refractivity contribution in [1.82, 2.24) is 0 Å². The van der Waals surface area contributed by atoms with Gasteiger partial charge in [-0.25, -0.2) is 0 Å². The molecule has 2 aliphatic rings. The Morgan fingerprint density at radius 3 is 0.657 bits per heavy atom. The molecule has 0 nitrogen and oxygen atoms in total. The SMILES string of the molecule is c1ccc(C2c3ccc4ccc5ccccc5c4c3-c3c2ccc2ccc4ccccc4c32)cc1.c1ccc(C2c3ccc4ccc5ccccc5c4c3-c3c2ccc2ccc4ccccc4c32)cc1. The summed E-state index contributed by atoms with van der Waals surface area (Å²) in [6.07, 6.45) is 0. The molecule has 324 valence electrons. The molecule has 16 rings (SSSR count). The van der Waals surface area contributed by atoms with Crippen molar-refractivity contribution in [3.63, 3.8) is 0 Å². The van der Waals surface area contributed by atoms with Crippen LogP contribution in [0.25, 0.3) is 108 Å². The fraction of sp³-hybridized carbons (Fsp3) is 0.0286. The summed E-state index contributed by atoms with van der Waals surface area (Å²) in [7, 11) is 0. The predicted octanol–water partition coefficient (Wildman–Crippen LogP) is 18.9. The zero-order valence-electron chi connectivity index (χ0n) is 38.4. The summed E-state index contributed by atoms with van der Waals surface area (Å²) in [5, 5.41) is 21.2. The van der Waals surface area contributed by atoms with Crippen molar-refractivity contribution in [2.24, 2.45) is 0 Å². The highest BCUT2D eigenvalue weighted by Crippen LogP contribution is 2.57.